The Morgan fingerprint density at radius 1 is 1.08 bits per heavy atom. The molecule has 1 amide bonds. The molecule has 7 heteroatoms. The van der Waals surface area contributed by atoms with Crippen LogP contribution in [0.25, 0.3) is 0 Å². The normalized spacial score (nSPS) is 11.7. The van der Waals surface area contributed by atoms with Gasteiger partial charge < -0.3 is 10.1 Å². The minimum Gasteiger partial charge on any atom is -0.449 e. The third-order valence-electron chi connectivity index (χ3n) is 3.79. The molecule has 0 saturated heterocycles. The molecule has 0 aliphatic carbocycles. The second-order valence-electron chi connectivity index (χ2n) is 6.12. The Morgan fingerprint density at radius 2 is 1.73 bits per heavy atom. The highest BCUT2D eigenvalue weighted by Crippen LogP contribution is 2.18. The summed E-state index contributed by atoms with van der Waals surface area (Å²) >= 11 is 0. The smallest absolute Gasteiger partial charge is 0.339 e. The molecular formula is C19H20N2O5. The van der Waals surface area contributed by atoms with Crippen LogP contribution in [-0.2, 0) is 9.53 Å². The molecule has 0 bridgehead atoms. The van der Waals surface area contributed by atoms with Crippen LogP contribution in [0, 0.1) is 10.1 Å². The molecule has 0 saturated carbocycles. The van der Waals surface area contributed by atoms with E-state index in [0.29, 0.717) is 11.6 Å². The maximum absolute atomic E-state index is 12.2. The number of rotatable bonds is 6. The van der Waals surface area contributed by atoms with Crippen molar-refractivity contribution in [2.24, 2.45) is 0 Å². The van der Waals surface area contributed by atoms with Gasteiger partial charge in [0.2, 0.25) is 0 Å². The van der Waals surface area contributed by atoms with Gasteiger partial charge in [-0.3, -0.25) is 14.9 Å². The zero-order valence-corrected chi connectivity index (χ0v) is 14.8. The number of carbonyl (C=O) groups excluding carboxylic acids is 2. The predicted molar refractivity (Wildman–Crippen MR) is 97.1 cm³/mol. The summed E-state index contributed by atoms with van der Waals surface area (Å²) in [5.74, 6) is -0.901. The summed E-state index contributed by atoms with van der Waals surface area (Å²) in [4.78, 5) is 34.4. The summed E-state index contributed by atoms with van der Waals surface area (Å²) in [6, 6.07) is 12.6. The molecule has 2 aromatic rings. The molecule has 0 heterocycles. The largest absolute Gasteiger partial charge is 0.449 e. The highest BCUT2D eigenvalue weighted by Gasteiger charge is 2.20. The Morgan fingerprint density at radius 3 is 2.31 bits per heavy atom. The van der Waals surface area contributed by atoms with Gasteiger partial charge in [0.1, 0.15) is 0 Å². The average Bonchev–Trinajstić information content (AvgIpc) is 2.62. The molecule has 136 valence electrons. The van der Waals surface area contributed by atoms with Gasteiger partial charge in [-0.1, -0.05) is 32.0 Å². The van der Waals surface area contributed by atoms with E-state index in [1.807, 2.05) is 12.1 Å². The molecule has 1 N–H and O–H groups in total. The molecule has 26 heavy (non-hydrogen) atoms. The lowest BCUT2D eigenvalue weighted by Crippen LogP contribution is -2.30. The highest BCUT2D eigenvalue weighted by molar-refractivity contribution is 5.97. The number of nitro groups is 1. The van der Waals surface area contributed by atoms with E-state index in [9.17, 15) is 19.7 Å². The van der Waals surface area contributed by atoms with Gasteiger partial charge in [0.15, 0.2) is 6.10 Å². The lowest BCUT2D eigenvalue weighted by molar-refractivity contribution is -0.384. The van der Waals surface area contributed by atoms with Gasteiger partial charge in [-0.25, -0.2) is 4.79 Å². The van der Waals surface area contributed by atoms with Crippen LogP contribution in [0.3, 0.4) is 0 Å². The molecule has 1 atom stereocenters. The predicted octanol–water partition coefficient (Wildman–Crippen LogP) is 3.90. The summed E-state index contributed by atoms with van der Waals surface area (Å²) in [6.07, 6.45) is -1.05. The molecule has 0 aliphatic heterocycles. The van der Waals surface area contributed by atoms with E-state index in [1.54, 1.807) is 12.1 Å². The van der Waals surface area contributed by atoms with Gasteiger partial charge in [-0.05, 0) is 36.6 Å². The number of hydrogen-bond acceptors (Lipinski definition) is 5. The molecule has 0 aromatic heterocycles. The number of nitro benzene ring substituents is 1. The summed E-state index contributed by atoms with van der Waals surface area (Å²) < 4.78 is 5.09. The van der Waals surface area contributed by atoms with Crippen molar-refractivity contribution in [2.45, 2.75) is 32.8 Å². The van der Waals surface area contributed by atoms with Gasteiger partial charge in [0.25, 0.3) is 11.6 Å². The van der Waals surface area contributed by atoms with Crippen molar-refractivity contribution in [1.82, 2.24) is 0 Å². The van der Waals surface area contributed by atoms with Crippen LogP contribution in [-0.4, -0.2) is 22.9 Å². The van der Waals surface area contributed by atoms with Gasteiger partial charge in [0, 0.05) is 17.8 Å². The fraction of sp³-hybridized carbons (Fsp3) is 0.263. The van der Waals surface area contributed by atoms with E-state index in [-0.39, 0.29) is 11.3 Å². The summed E-state index contributed by atoms with van der Waals surface area (Å²) in [7, 11) is 0. The van der Waals surface area contributed by atoms with Crippen molar-refractivity contribution in [3.8, 4) is 0 Å². The van der Waals surface area contributed by atoms with Crippen molar-refractivity contribution in [2.75, 3.05) is 5.32 Å². The summed E-state index contributed by atoms with van der Waals surface area (Å²) in [5.41, 5.74) is 1.53. The summed E-state index contributed by atoms with van der Waals surface area (Å²) in [5, 5.41) is 13.4. The third-order valence-corrected chi connectivity index (χ3v) is 3.79. The van der Waals surface area contributed by atoms with E-state index < -0.39 is 22.9 Å². The molecule has 0 aliphatic rings. The molecule has 0 unspecified atom stereocenters. The summed E-state index contributed by atoms with van der Waals surface area (Å²) in [6.45, 7) is 5.58. The van der Waals surface area contributed by atoms with Crippen LogP contribution in [0.15, 0.2) is 48.5 Å². The lowest BCUT2D eigenvalue weighted by atomic mass is 10.0. The molecule has 7 nitrogen and oxygen atoms in total. The van der Waals surface area contributed by atoms with Crippen LogP contribution in [0.1, 0.15) is 42.6 Å². The quantitative estimate of drug-likeness (QED) is 0.481. The number of carbonyl (C=O) groups is 2. The molecule has 2 aromatic carbocycles. The molecular weight excluding hydrogens is 336 g/mol. The standard InChI is InChI=1S/C19H20N2O5/c1-12(2)14-7-9-16(10-8-14)20-18(22)13(3)26-19(23)15-5-4-6-17(11-15)21(24)25/h4-13H,1-3H3,(H,20,22)/t13-/m1/s1. The van der Waals surface area contributed by atoms with E-state index in [4.69, 9.17) is 4.74 Å². The first-order valence-electron chi connectivity index (χ1n) is 8.14. The number of non-ortho nitro benzene ring substituents is 1. The first-order valence-corrected chi connectivity index (χ1v) is 8.14. The minimum atomic E-state index is -1.05. The number of ether oxygens (including phenoxy) is 1. The van der Waals surface area contributed by atoms with Gasteiger partial charge in [0.05, 0.1) is 10.5 Å². The maximum atomic E-state index is 12.2. The second kappa shape index (κ2) is 8.24. The number of anilines is 1. The third kappa shape index (κ3) is 4.89. The minimum absolute atomic E-state index is 0.0140. The number of nitrogens with zero attached hydrogens (tertiary/aromatic N) is 1. The Hall–Kier alpha value is -3.22. The maximum Gasteiger partial charge on any atom is 0.339 e. The number of hydrogen-bond donors (Lipinski definition) is 1. The number of nitrogens with one attached hydrogen (secondary N) is 1. The number of amides is 1. The highest BCUT2D eigenvalue weighted by atomic mass is 16.6. The zero-order valence-electron chi connectivity index (χ0n) is 14.8. The van der Waals surface area contributed by atoms with E-state index >= 15 is 0 Å². The molecule has 0 fully saturated rings. The van der Waals surface area contributed by atoms with Crippen molar-refractivity contribution < 1.29 is 19.2 Å². The Kier molecular flexibility index (Phi) is 6.06. The van der Waals surface area contributed by atoms with E-state index in [0.717, 1.165) is 11.6 Å². The fourth-order valence-corrected chi connectivity index (χ4v) is 2.22. The Labute approximate surface area is 151 Å². The van der Waals surface area contributed by atoms with E-state index in [1.165, 1.54) is 25.1 Å². The van der Waals surface area contributed by atoms with Gasteiger partial charge in [-0.2, -0.15) is 0 Å². The van der Waals surface area contributed by atoms with E-state index in [2.05, 4.69) is 19.2 Å². The average molecular weight is 356 g/mol. The van der Waals surface area contributed by atoms with Gasteiger partial charge in [-0.15, -0.1) is 0 Å². The number of esters is 1. The molecule has 2 rings (SSSR count). The topological polar surface area (TPSA) is 98.5 Å². The zero-order chi connectivity index (χ0) is 19.3. The second-order valence-corrected chi connectivity index (χ2v) is 6.12. The van der Waals surface area contributed by atoms with Crippen LogP contribution in [0.5, 0.6) is 0 Å². The monoisotopic (exact) mass is 356 g/mol. The Bertz CT molecular complexity index is 815. The van der Waals surface area contributed by atoms with Crippen molar-refractivity contribution >= 4 is 23.3 Å². The molecule has 0 spiro atoms. The fourth-order valence-electron chi connectivity index (χ4n) is 2.22. The van der Waals surface area contributed by atoms with Crippen LogP contribution >= 0.6 is 0 Å². The molecule has 0 radical (unpaired) electrons. The lowest BCUT2D eigenvalue weighted by Gasteiger charge is -2.14. The Balaban J connectivity index is 1.98. The number of benzene rings is 2. The first-order chi connectivity index (χ1) is 12.3. The van der Waals surface area contributed by atoms with Crippen molar-refractivity contribution in [1.29, 1.82) is 0 Å². The van der Waals surface area contributed by atoms with Crippen LogP contribution in [0.4, 0.5) is 11.4 Å². The van der Waals surface area contributed by atoms with Crippen LogP contribution < -0.4 is 5.32 Å². The van der Waals surface area contributed by atoms with Crippen LogP contribution in [0.2, 0.25) is 0 Å². The van der Waals surface area contributed by atoms with Gasteiger partial charge >= 0.3 is 5.97 Å². The first kappa shape index (κ1) is 19.1. The SMILES string of the molecule is CC(C)c1ccc(NC(=O)[C@@H](C)OC(=O)c2cccc([N+](=O)[O-])c2)cc1. The van der Waals surface area contributed by atoms with Crippen molar-refractivity contribution in [3.05, 3.63) is 69.8 Å². The van der Waals surface area contributed by atoms with Crippen molar-refractivity contribution in [3.63, 3.8) is 0 Å².